The summed E-state index contributed by atoms with van der Waals surface area (Å²) in [5.74, 6) is -0.0430. The number of benzene rings is 2. The molecule has 1 heterocycles. The fraction of sp³-hybridized carbons (Fsp3) is 0.176. The molecule has 0 saturated carbocycles. The van der Waals surface area contributed by atoms with Crippen LogP contribution in [0.2, 0.25) is 0 Å². The van der Waals surface area contributed by atoms with Crippen LogP contribution in [-0.2, 0) is 9.59 Å². The SMILES string of the molecule is O=CN1CCN(c2cccc(-c3ccccc3)c2)C(=O)C1. The number of nitrogens with zero attached hydrogens (tertiary/aromatic N) is 2. The first kappa shape index (κ1) is 13.4. The van der Waals surface area contributed by atoms with Gasteiger partial charge in [-0.25, -0.2) is 0 Å². The van der Waals surface area contributed by atoms with Gasteiger partial charge in [-0.1, -0.05) is 42.5 Å². The van der Waals surface area contributed by atoms with E-state index in [4.69, 9.17) is 0 Å². The molecule has 0 N–H and O–H groups in total. The van der Waals surface area contributed by atoms with E-state index in [0.717, 1.165) is 23.2 Å². The molecule has 4 nitrogen and oxygen atoms in total. The van der Waals surface area contributed by atoms with Gasteiger partial charge < -0.3 is 9.80 Å². The van der Waals surface area contributed by atoms with Gasteiger partial charge in [0.1, 0.15) is 0 Å². The second kappa shape index (κ2) is 5.79. The first-order valence-corrected chi connectivity index (χ1v) is 6.93. The van der Waals surface area contributed by atoms with Crippen molar-refractivity contribution in [2.75, 3.05) is 24.5 Å². The molecule has 0 aromatic heterocycles. The highest BCUT2D eigenvalue weighted by Gasteiger charge is 2.24. The molecule has 2 amide bonds. The third kappa shape index (κ3) is 2.79. The lowest BCUT2D eigenvalue weighted by atomic mass is 10.0. The number of hydrogen-bond acceptors (Lipinski definition) is 2. The highest BCUT2D eigenvalue weighted by molar-refractivity contribution is 5.97. The summed E-state index contributed by atoms with van der Waals surface area (Å²) in [6.07, 6.45) is 0.732. The molecule has 0 aliphatic carbocycles. The predicted octanol–water partition coefficient (Wildman–Crippen LogP) is 2.16. The van der Waals surface area contributed by atoms with Crippen molar-refractivity contribution < 1.29 is 9.59 Å². The van der Waals surface area contributed by atoms with Gasteiger partial charge in [0.15, 0.2) is 0 Å². The zero-order chi connectivity index (χ0) is 14.7. The van der Waals surface area contributed by atoms with Gasteiger partial charge >= 0.3 is 0 Å². The molecular weight excluding hydrogens is 264 g/mol. The van der Waals surface area contributed by atoms with E-state index in [1.54, 1.807) is 4.90 Å². The molecular formula is C17H16N2O2. The minimum absolute atomic E-state index is 0.0430. The number of amides is 2. The highest BCUT2D eigenvalue weighted by atomic mass is 16.2. The molecule has 0 radical (unpaired) electrons. The fourth-order valence-electron chi connectivity index (χ4n) is 2.54. The summed E-state index contributed by atoms with van der Waals surface area (Å²) in [5, 5.41) is 0. The highest BCUT2D eigenvalue weighted by Crippen LogP contribution is 2.25. The second-order valence-electron chi connectivity index (χ2n) is 5.04. The Bertz CT molecular complexity index is 655. The minimum Gasteiger partial charge on any atom is -0.334 e. The molecule has 3 rings (SSSR count). The van der Waals surface area contributed by atoms with Crippen LogP contribution >= 0.6 is 0 Å². The molecule has 106 valence electrons. The topological polar surface area (TPSA) is 40.6 Å². The van der Waals surface area contributed by atoms with Gasteiger partial charge in [0.25, 0.3) is 0 Å². The monoisotopic (exact) mass is 280 g/mol. The Hall–Kier alpha value is -2.62. The molecule has 0 unspecified atom stereocenters. The summed E-state index contributed by atoms with van der Waals surface area (Å²) in [6, 6.07) is 18.0. The van der Waals surface area contributed by atoms with Gasteiger partial charge in [-0.2, -0.15) is 0 Å². The van der Waals surface area contributed by atoms with Crippen LogP contribution in [0.5, 0.6) is 0 Å². The first-order chi connectivity index (χ1) is 10.3. The Kier molecular flexibility index (Phi) is 3.69. The summed E-state index contributed by atoms with van der Waals surface area (Å²) < 4.78 is 0. The van der Waals surface area contributed by atoms with Crippen LogP contribution < -0.4 is 4.90 Å². The average Bonchev–Trinajstić information content (AvgIpc) is 2.55. The number of rotatable bonds is 3. The van der Waals surface area contributed by atoms with Crippen molar-refractivity contribution >= 4 is 18.0 Å². The minimum atomic E-state index is -0.0430. The standard InChI is InChI=1S/C17H16N2O2/c20-13-18-9-10-19(17(21)12-18)16-8-4-7-15(11-16)14-5-2-1-3-6-14/h1-8,11,13H,9-10,12H2. The molecule has 1 aliphatic heterocycles. The Balaban J connectivity index is 1.87. The first-order valence-electron chi connectivity index (χ1n) is 6.93. The second-order valence-corrected chi connectivity index (χ2v) is 5.04. The molecule has 0 spiro atoms. The van der Waals surface area contributed by atoms with Gasteiger partial charge in [0.2, 0.25) is 12.3 Å². The van der Waals surface area contributed by atoms with Crippen molar-refractivity contribution in [3.05, 3.63) is 54.6 Å². The van der Waals surface area contributed by atoms with E-state index in [1.165, 1.54) is 4.90 Å². The molecule has 21 heavy (non-hydrogen) atoms. The van der Waals surface area contributed by atoms with Crippen molar-refractivity contribution in [1.29, 1.82) is 0 Å². The van der Waals surface area contributed by atoms with E-state index in [-0.39, 0.29) is 12.5 Å². The molecule has 0 bridgehead atoms. The number of hydrogen-bond donors (Lipinski definition) is 0. The van der Waals surface area contributed by atoms with Gasteiger partial charge in [0, 0.05) is 18.8 Å². The van der Waals surface area contributed by atoms with E-state index in [0.29, 0.717) is 13.1 Å². The van der Waals surface area contributed by atoms with Crippen LogP contribution in [0, 0.1) is 0 Å². The smallest absolute Gasteiger partial charge is 0.246 e. The van der Waals surface area contributed by atoms with Crippen molar-refractivity contribution in [3.63, 3.8) is 0 Å². The zero-order valence-corrected chi connectivity index (χ0v) is 11.6. The van der Waals surface area contributed by atoms with Crippen LogP contribution in [0.4, 0.5) is 5.69 Å². The summed E-state index contributed by atoms with van der Waals surface area (Å²) in [7, 11) is 0. The third-order valence-corrected chi connectivity index (χ3v) is 3.66. The largest absolute Gasteiger partial charge is 0.334 e. The zero-order valence-electron chi connectivity index (χ0n) is 11.6. The Morgan fingerprint density at radius 2 is 1.67 bits per heavy atom. The van der Waals surface area contributed by atoms with Crippen molar-refractivity contribution in [1.82, 2.24) is 4.90 Å². The van der Waals surface area contributed by atoms with E-state index >= 15 is 0 Å². The molecule has 1 aliphatic rings. The molecule has 1 saturated heterocycles. The Morgan fingerprint density at radius 1 is 0.905 bits per heavy atom. The van der Waals surface area contributed by atoms with E-state index in [1.807, 2.05) is 54.6 Å². The lowest BCUT2D eigenvalue weighted by molar-refractivity contribution is -0.128. The number of anilines is 1. The number of piperazine rings is 1. The molecule has 2 aromatic carbocycles. The Labute approximate surface area is 123 Å². The average molecular weight is 280 g/mol. The lowest BCUT2D eigenvalue weighted by Crippen LogP contribution is -2.49. The van der Waals surface area contributed by atoms with E-state index in [2.05, 4.69) is 0 Å². The van der Waals surface area contributed by atoms with Crippen LogP contribution in [0.25, 0.3) is 11.1 Å². The van der Waals surface area contributed by atoms with Crippen molar-refractivity contribution in [3.8, 4) is 11.1 Å². The quantitative estimate of drug-likeness (QED) is 0.808. The molecule has 1 fully saturated rings. The summed E-state index contributed by atoms with van der Waals surface area (Å²) in [5.41, 5.74) is 3.09. The lowest BCUT2D eigenvalue weighted by Gasteiger charge is -2.32. The third-order valence-electron chi connectivity index (χ3n) is 3.66. The normalized spacial score (nSPS) is 15.1. The van der Waals surface area contributed by atoms with Crippen LogP contribution in [-0.4, -0.2) is 36.9 Å². The molecule has 2 aromatic rings. The molecule has 0 atom stereocenters. The number of carbonyl (C=O) groups is 2. The Morgan fingerprint density at radius 3 is 2.38 bits per heavy atom. The van der Waals surface area contributed by atoms with E-state index < -0.39 is 0 Å². The van der Waals surface area contributed by atoms with Gasteiger partial charge in [-0.05, 0) is 23.3 Å². The number of carbonyl (C=O) groups excluding carboxylic acids is 2. The van der Waals surface area contributed by atoms with Crippen molar-refractivity contribution in [2.45, 2.75) is 0 Å². The van der Waals surface area contributed by atoms with Crippen LogP contribution in [0.15, 0.2) is 54.6 Å². The summed E-state index contributed by atoms with van der Waals surface area (Å²) >= 11 is 0. The fourth-order valence-corrected chi connectivity index (χ4v) is 2.54. The molecule has 4 heteroatoms. The van der Waals surface area contributed by atoms with Gasteiger partial charge in [0.05, 0.1) is 6.54 Å². The van der Waals surface area contributed by atoms with E-state index in [9.17, 15) is 9.59 Å². The van der Waals surface area contributed by atoms with Crippen LogP contribution in [0.1, 0.15) is 0 Å². The maximum Gasteiger partial charge on any atom is 0.246 e. The van der Waals surface area contributed by atoms with Crippen LogP contribution in [0.3, 0.4) is 0 Å². The summed E-state index contributed by atoms with van der Waals surface area (Å²) in [6.45, 7) is 1.26. The maximum absolute atomic E-state index is 12.1. The maximum atomic E-state index is 12.1. The van der Waals surface area contributed by atoms with Gasteiger partial charge in [-0.3, -0.25) is 9.59 Å². The summed E-state index contributed by atoms with van der Waals surface area (Å²) in [4.78, 5) is 26.1. The van der Waals surface area contributed by atoms with Crippen molar-refractivity contribution in [2.24, 2.45) is 0 Å². The van der Waals surface area contributed by atoms with Gasteiger partial charge in [-0.15, -0.1) is 0 Å². The predicted molar refractivity (Wildman–Crippen MR) is 81.9 cm³/mol.